The minimum Gasteiger partial charge on any atom is -0.368 e. The lowest BCUT2D eigenvalue weighted by atomic mass is 9.98. The van der Waals surface area contributed by atoms with Gasteiger partial charge in [0, 0.05) is 11.4 Å². The highest BCUT2D eigenvalue weighted by atomic mass is 32.2. The Morgan fingerprint density at radius 1 is 1.09 bits per heavy atom. The van der Waals surface area contributed by atoms with Gasteiger partial charge in [-0.1, -0.05) is 57.2 Å². The van der Waals surface area contributed by atoms with Crippen molar-refractivity contribution in [2.45, 2.75) is 45.8 Å². The summed E-state index contributed by atoms with van der Waals surface area (Å²) in [4.78, 5) is 25.4. The van der Waals surface area contributed by atoms with Crippen molar-refractivity contribution in [1.82, 2.24) is 15.0 Å². The van der Waals surface area contributed by atoms with Gasteiger partial charge in [0.1, 0.15) is 5.82 Å². The number of aryl methyl sites for hydroxylation is 2. The Hall–Kier alpha value is -3.13. The molecule has 32 heavy (non-hydrogen) atoms. The molecule has 3 aromatic rings. The molecule has 1 amide bonds. The van der Waals surface area contributed by atoms with E-state index in [2.05, 4.69) is 58.5 Å². The zero-order valence-corrected chi connectivity index (χ0v) is 19.8. The molecule has 0 saturated carbocycles. The molecule has 0 atom stereocenters. The Morgan fingerprint density at radius 2 is 1.88 bits per heavy atom. The number of nitrogen functional groups attached to an aromatic ring is 1. The smallest absolute Gasteiger partial charge is 0.234 e. The number of amides is 1. The SMILES string of the molecule is CCc1ccccc1Nc1nc(N)nc(CSCC(=O)Nc2c(C)cccc2C(C)C)n1. The fourth-order valence-corrected chi connectivity index (χ4v) is 4.05. The van der Waals surface area contributed by atoms with E-state index in [0.717, 1.165) is 34.5 Å². The number of carbonyl (C=O) groups is 1. The number of anilines is 4. The molecule has 7 nitrogen and oxygen atoms in total. The van der Waals surface area contributed by atoms with E-state index in [9.17, 15) is 4.79 Å². The number of nitrogens with one attached hydrogen (secondary N) is 2. The molecular formula is C24H30N6OS. The Labute approximate surface area is 193 Å². The summed E-state index contributed by atoms with van der Waals surface area (Å²) in [5.74, 6) is 2.11. The second kappa shape index (κ2) is 10.9. The molecule has 2 aromatic carbocycles. The predicted octanol–water partition coefficient (Wildman–Crippen LogP) is 5.06. The zero-order valence-electron chi connectivity index (χ0n) is 19.0. The van der Waals surface area contributed by atoms with E-state index >= 15 is 0 Å². The van der Waals surface area contributed by atoms with E-state index in [0.29, 0.717) is 29.2 Å². The van der Waals surface area contributed by atoms with Gasteiger partial charge in [0.2, 0.25) is 17.8 Å². The topological polar surface area (TPSA) is 106 Å². The molecule has 8 heteroatoms. The minimum atomic E-state index is -0.0524. The molecule has 1 heterocycles. The summed E-state index contributed by atoms with van der Waals surface area (Å²) in [5.41, 5.74) is 11.1. The molecule has 0 radical (unpaired) electrons. The molecule has 0 aliphatic heterocycles. The average molecular weight is 451 g/mol. The fourth-order valence-electron chi connectivity index (χ4n) is 3.38. The second-order valence-corrected chi connectivity index (χ2v) is 8.79. The van der Waals surface area contributed by atoms with Crippen LogP contribution >= 0.6 is 11.8 Å². The number of carbonyl (C=O) groups excluding carboxylic acids is 1. The maximum Gasteiger partial charge on any atom is 0.234 e. The van der Waals surface area contributed by atoms with Crippen molar-refractivity contribution >= 4 is 40.9 Å². The van der Waals surface area contributed by atoms with Gasteiger partial charge in [-0.15, -0.1) is 11.8 Å². The van der Waals surface area contributed by atoms with Gasteiger partial charge in [0.25, 0.3) is 0 Å². The van der Waals surface area contributed by atoms with Crippen molar-refractivity contribution in [2.24, 2.45) is 0 Å². The average Bonchev–Trinajstić information content (AvgIpc) is 2.75. The van der Waals surface area contributed by atoms with Crippen LogP contribution in [0.25, 0.3) is 0 Å². The van der Waals surface area contributed by atoms with Crippen molar-refractivity contribution in [2.75, 3.05) is 22.1 Å². The van der Waals surface area contributed by atoms with Crippen LogP contribution < -0.4 is 16.4 Å². The highest BCUT2D eigenvalue weighted by molar-refractivity contribution is 7.99. The van der Waals surface area contributed by atoms with Gasteiger partial charge in [-0.25, -0.2) is 0 Å². The lowest BCUT2D eigenvalue weighted by Crippen LogP contribution is -2.17. The van der Waals surface area contributed by atoms with Crippen LogP contribution in [0.4, 0.5) is 23.3 Å². The van der Waals surface area contributed by atoms with Gasteiger partial charge in [-0.2, -0.15) is 15.0 Å². The summed E-state index contributed by atoms with van der Waals surface area (Å²) in [6.07, 6.45) is 0.890. The van der Waals surface area contributed by atoms with E-state index in [1.807, 2.05) is 37.3 Å². The first-order valence-electron chi connectivity index (χ1n) is 10.7. The number of benzene rings is 2. The maximum atomic E-state index is 12.6. The number of rotatable bonds is 9. The van der Waals surface area contributed by atoms with Crippen LogP contribution in [0.2, 0.25) is 0 Å². The van der Waals surface area contributed by atoms with E-state index < -0.39 is 0 Å². The van der Waals surface area contributed by atoms with Crippen molar-refractivity contribution in [3.05, 3.63) is 65.0 Å². The largest absolute Gasteiger partial charge is 0.368 e. The normalized spacial score (nSPS) is 10.9. The summed E-state index contributed by atoms with van der Waals surface area (Å²) < 4.78 is 0. The molecule has 1 aromatic heterocycles. The molecule has 0 saturated heterocycles. The number of para-hydroxylation sites is 2. The van der Waals surface area contributed by atoms with Gasteiger partial charge in [-0.3, -0.25) is 4.79 Å². The van der Waals surface area contributed by atoms with Crippen LogP contribution in [-0.2, 0) is 17.0 Å². The van der Waals surface area contributed by atoms with Crippen LogP contribution in [-0.4, -0.2) is 26.6 Å². The summed E-state index contributed by atoms with van der Waals surface area (Å²) in [6, 6.07) is 14.1. The Kier molecular flexibility index (Phi) is 8.05. The first kappa shape index (κ1) is 23.5. The van der Waals surface area contributed by atoms with Gasteiger partial charge < -0.3 is 16.4 Å². The lowest BCUT2D eigenvalue weighted by Gasteiger charge is -2.16. The van der Waals surface area contributed by atoms with Crippen LogP contribution in [0, 0.1) is 6.92 Å². The van der Waals surface area contributed by atoms with Gasteiger partial charge in [0.15, 0.2) is 0 Å². The Balaban J connectivity index is 1.61. The highest BCUT2D eigenvalue weighted by Crippen LogP contribution is 2.27. The molecule has 4 N–H and O–H groups in total. The summed E-state index contributed by atoms with van der Waals surface area (Å²) in [7, 11) is 0. The van der Waals surface area contributed by atoms with Crippen LogP contribution in [0.3, 0.4) is 0 Å². The van der Waals surface area contributed by atoms with E-state index in [1.54, 1.807) is 0 Å². The Bertz CT molecular complexity index is 1090. The first-order valence-corrected chi connectivity index (χ1v) is 11.8. The molecule has 3 rings (SSSR count). The second-order valence-electron chi connectivity index (χ2n) is 7.80. The molecule has 168 valence electrons. The molecule has 0 spiro atoms. The maximum absolute atomic E-state index is 12.6. The number of hydrogen-bond acceptors (Lipinski definition) is 7. The third-order valence-electron chi connectivity index (χ3n) is 5.00. The molecule has 0 unspecified atom stereocenters. The van der Waals surface area contributed by atoms with Crippen LogP contribution in [0.5, 0.6) is 0 Å². The Morgan fingerprint density at radius 3 is 2.62 bits per heavy atom. The molecule has 0 bridgehead atoms. The summed E-state index contributed by atoms with van der Waals surface area (Å²) in [6.45, 7) is 8.34. The number of hydrogen-bond donors (Lipinski definition) is 3. The third kappa shape index (κ3) is 6.20. The fraction of sp³-hybridized carbons (Fsp3) is 0.333. The van der Waals surface area contributed by atoms with Crippen LogP contribution in [0.1, 0.15) is 49.2 Å². The van der Waals surface area contributed by atoms with Crippen molar-refractivity contribution in [1.29, 1.82) is 0 Å². The minimum absolute atomic E-state index is 0.0524. The highest BCUT2D eigenvalue weighted by Gasteiger charge is 2.13. The first-order chi connectivity index (χ1) is 15.4. The van der Waals surface area contributed by atoms with E-state index in [1.165, 1.54) is 11.8 Å². The third-order valence-corrected chi connectivity index (χ3v) is 5.93. The van der Waals surface area contributed by atoms with Crippen molar-refractivity contribution in [3.8, 4) is 0 Å². The summed E-state index contributed by atoms with van der Waals surface area (Å²) in [5, 5.41) is 6.29. The van der Waals surface area contributed by atoms with Crippen LogP contribution in [0.15, 0.2) is 42.5 Å². The number of aromatic nitrogens is 3. The van der Waals surface area contributed by atoms with Gasteiger partial charge in [0.05, 0.1) is 11.5 Å². The molecule has 0 aliphatic carbocycles. The van der Waals surface area contributed by atoms with Gasteiger partial charge >= 0.3 is 0 Å². The molecule has 0 aliphatic rings. The monoisotopic (exact) mass is 450 g/mol. The number of nitrogens with zero attached hydrogens (tertiary/aromatic N) is 3. The van der Waals surface area contributed by atoms with Crippen molar-refractivity contribution < 1.29 is 4.79 Å². The standard InChI is InChI=1S/C24H30N6OS/c1-5-17-10-6-7-12-19(17)26-24-28-20(27-23(25)30-24)13-32-14-21(31)29-22-16(4)9-8-11-18(22)15(2)3/h6-12,15H,5,13-14H2,1-4H3,(H,29,31)(H3,25,26,27,28,30). The number of nitrogens with two attached hydrogens (primary N) is 1. The van der Waals surface area contributed by atoms with Gasteiger partial charge in [-0.05, 0) is 42.0 Å². The lowest BCUT2D eigenvalue weighted by molar-refractivity contribution is -0.113. The molecular weight excluding hydrogens is 420 g/mol. The van der Waals surface area contributed by atoms with Crippen molar-refractivity contribution in [3.63, 3.8) is 0 Å². The number of thioether (sulfide) groups is 1. The summed E-state index contributed by atoms with van der Waals surface area (Å²) >= 11 is 1.44. The molecule has 0 fully saturated rings. The predicted molar refractivity (Wildman–Crippen MR) is 133 cm³/mol. The zero-order chi connectivity index (χ0) is 23.1. The quantitative estimate of drug-likeness (QED) is 0.418. The van der Waals surface area contributed by atoms with E-state index in [-0.39, 0.29) is 11.9 Å². The van der Waals surface area contributed by atoms with E-state index in [4.69, 9.17) is 5.73 Å².